The molecular formula is C16H19FN2O. The molecule has 3 nitrogen and oxygen atoms in total. The summed E-state index contributed by atoms with van der Waals surface area (Å²) in [4.78, 5) is 0. The normalized spacial score (nSPS) is 10.3. The van der Waals surface area contributed by atoms with Gasteiger partial charge in [0, 0.05) is 23.0 Å². The molecule has 2 aromatic rings. The van der Waals surface area contributed by atoms with Crippen LogP contribution in [-0.2, 0) is 0 Å². The molecule has 106 valence electrons. The molecule has 3 N–H and O–H groups in total. The molecular weight excluding hydrogens is 255 g/mol. The van der Waals surface area contributed by atoms with Crippen LogP contribution >= 0.6 is 0 Å². The standard InChI is InChI=1S/C16H19FN2O/c1-3-9-20-16-10-12(7-8-14(16)18)19-15-6-4-5-13(17)11(15)2/h4-8,10,19H,3,9,18H2,1-2H3. The third-order valence-electron chi connectivity index (χ3n) is 3.02. The maximum atomic E-state index is 13.5. The van der Waals surface area contributed by atoms with Crippen molar-refractivity contribution in [3.05, 3.63) is 47.8 Å². The third-order valence-corrected chi connectivity index (χ3v) is 3.02. The molecule has 0 amide bonds. The molecule has 0 heterocycles. The zero-order chi connectivity index (χ0) is 14.5. The Morgan fingerprint density at radius 3 is 2.80 bits per heavy atom. The number of hydrogen-bond acceptors (Lipinski definition) is 3. The number of rotatable bonds is 5. The van der Waals surface area contributed by atoms with E-state index in [2.05, 4.69) is 5.32 Å². The van der Waals surface area contributed by atoms with Gasteiger partial charge >= 0.3 is 0 Å². The van der Waals surface area contributed by atoms with Gasteiger partial charge in [0.1, 0.15) is 11.6 Å². The lowest BCUT2D eigenvalue weighted by Gasteiger charge is -2.13. The van der Waals surface area contributed by atoms with Crippen molar-refractivity contribution in [2.45, 2.75) is 20.3 Å². The van der Waals surface area contributed by atoms with Crippen LogP contribution in [0.2, 0.25) is 0 Å². The summed E-state index contributed by atoms with van der Waals surface area (Å²) in [5.74, 6) is 0.416. The van der Waals surface area contributed by atoms with Crippen LogP contribution in [-0.4, -0.2) is 6.61 Å². The Bertz CT molecular complexity index is 599. The third kappa shape index (κ3) is 3.20. The number of halogens is 1. The maximum absolute atomic E-state index is 13.5. The average Bonchev–Trinajstić information content (AvgIpc) is 2.44. The molecule has 0 atom stereocenters. The number of nitrogens with one attached hydrogen (secondary N) is 1. The van der Waals surface area contributed by atoms with E-state index in [1.54, 1.807) is 19.1 Å². The van der Waals surface area contributed by atoms with Gasteiger partial charge in [0.2, 0.25) is 0 Å². The minimum atomic E-state index is -0.229. The van der Waals surface area contributed by atoms with Crippen LogP contribution in [0.4, 0.5) is 21.5 Å². The first-order valence-electron chi connectivity index (χ1n) is 6.66. The summed E-state index contributed by atoms with van der Waals surface area (Å²) in [6.45, 7) is 4.39. The van der Waals surface area contributed by atoms with Gasteiger partial charge in [-0.05, 0) is 37.6 Å². The fourth-order valence-corrected chi connectivity index (χ4v) is 1.85. The predicted molar refractivity (Wildman–Crippen MR) is 81.1 cm³/mol. The van der Waals surface area contributed by atoms with Crippen molar-refractivity contribution in [3.63, 3.8) is 0 Å². The summed E-state index contributed by atoms with van der Waals surface area (Å²) < 4.78 is 19.1. The number of anilines is 3. The lowest BCUT2D eigenvalue weighted by atomic mass is 10.1. The first-order chi connectivity index (χ1) is 9.61. The van der Waals surface area contributed by atoms with E-state index in [0.717, 1.165) is 17.8 Å². The lowest BCUT2D eigenvalue weighted by molar-refractivity contribution is 0.319. The average molecular weight is 274 g/mol. The van der Waals surface area contributed by atoms with E-state index in [1.165, 1.54) is 6.07 Å². The van der Waals surface area contributed by atoms with Crippen LogP contribution in [0.5, 0.6) is 5.75 Å². The molecule has 0 bridgehead atoms. The van der Waals surface area contributed by atoms with Crippen molar-refractivity contribution in [1.82, 2.24) is 0 Å². The van der Waals surface area contributed by atoms with Gasteiger partial charge in [0.15, 0.2) is 0 Å². The molecule has 0 saturated carbocycles. The van der Waals surface area contributed by atoms with Gasteiger partial charge in [0.25, 0.3) is 0 Å². The van der Waals surface area contributed by atoms with E-state index in [-0.39, 0.29) is 5.82 Å². The summed E-state index contributed by atoms with van der Waals surface area (Å²) in [5, 5.41) is 3.18. The molecule has 20 heavy (non-hydrogen) atoms. The van der Waals surface area contributed by atoms with E-state index >= 15 is 0 Å². The molecule has 0 saturated heterocycles. The Morgan fingerprint density at radius 1 is 1.25 bits per heavy atom. The van der Waals surface area contributed by atoms with Crippen molar-refractivity contribution in [2.75, 3.05) is 17.7 Å². The summed E-state index contributed by atoms with van der Waals surface area (Å²) in [7, 11) is 0. The van der Waals surface area contributed by atoms with Crippen LogP contribution < -0.4 is 15.8 Å². The van der Waals surface area contributed by atoms with Gasteiger partial charge < -0.3 is 15.8 Å². The van der Waals surface area contributed by atoms with Gasteiger partial charge in [-0.2, -0.15) is 0 Å². The molecule has 0 aliphatic heterocycles. The van der Waals surface area contributed by atoms with E-state index in [0.29, 0.717) is 23.6 Å². The lowest BCUT2D eigenvalue weighted by Crippen LogP contribution is -2.01. The van der Waals surface area contributed by atoms with Crippen molar-refractivity contribution in [2.24, 2.45) is 0 Å². The predicted octanol–water partition coefficient (Wildman–Crippen LogP) is 4.25. The maximum Gasteiger partial charge on any atom is 0.144 e. The van der Waals surface area contributed by atoms with E-state index in [1.807, 2.05) is 25.1 Å². The second-order valence-corrected chi connectivity index (χ2v) is 4.64. The van der Waals surface area contributed by atoms with Gasteiger partial charge in [-0.1, -0.05) is 13.0 Å². The zero-order valence-corrected chi connectivity index (χ0v) is 11.7. The van der Waals surface area contributed by atoms with Crippen LogP contribution in [0.25, 0.3) is 0 Å². The Kier molecular flexibility index (Phi) is 4.45. The number of nitrogens with two attached hydrogens (primary N) is 1. The Morgan fingerprint density at radius 2 is 2.05 bits per heavy atom. The molecule has 2 aromatic carbocycles. The topological polar surface area (TPSA) is 47.3 Å². The molecule has 2 rings (SSSR count). The number of hydrogen-bond donors (Lipinski definition) is 2. The van der Waals surface area contributed by atoms with Crippen LogP contribution in [0.15, 0.2) is 36.4 Å². The Hall–Kier alpha value is -2.23. The fraction of sp³-hybridized carbons (Fsp3) is 0.250. The second kappa shape index (κ2) is 6.28. The highest BCUT2D eigenvalue weighted by atomic mass is 19.1. The highest BCUT2D eigenvalue weighted by molar-refractivity contribution is 5.68. The Balaban J connectivity index is 2.23. The first-order valence-corrected chi connectivity index (χ1v) is 6.66. The molecule has 0 aliphatic rings. The van der Waals surface area contributed by atoms with Crippen LogP contribution in [0.3, 0.4) is 0 Å². The molecule has 0 aromatic heterocycles. The number of ether oxygens (including phenoxy) is 1. The van der Waals surface area contributed by atoms with Gasteiger partial charge in [-0.25, -0.2) is 4.39 Å². The minimum Gasteiger partial charge on any atom is -0.491 e. The van der Waals surface area contributed by atoms with E-state index in [4.69, 9.17) is 10.5 Å². The minimum absolute atomic E-state index is 0.229. The van der Waals surface area contributed by atoms with Gasteiger partial charge in [0.05, 0.1) is 12.3 Å². The molecule has 0 spiro atoms. The highest BCUT2D eigenvalue weighted by Gasteiger charge is 2.06. The summed E-state index contributed by atoms with van der Waals surface area (Å²) in [6, 6.07) is 10.4. The molecule has 0 fully saturated rings. The van der Waals surface area contributed by atoms with Gasteiger partial charge in [-0.3, -0.25) is 0 Å². The largest absolute Gasteiger partial charge is 0.491 e. The van der Waals surface area contributed by atoms with Crippen LogP contribution in [0.1, 0.15) is 18.9 Å². The van der Waals surface area contributed by atoms with Crippen LogP contribution in [0, 0.1) is 12.7 Å². The number of benzene rings is 2. The smallest absolute Gasteiger partial charge is 0.144 e. The zero-order valence-electron chi connectivity index (χ0n) is 11.7. The highest BCUT2D eigenvalue weighted by Crippen LogP contribution is 2.29. The molecule has 0 aliphatic carbocycles. The van der Waals surface area contributed by atoms with Crippen molar-refractivity contribution in [1.29, 1.82) is 0 Å². The Labute approximate surface area is 118 Å². The first kappa shape index (κ1) is 14.2. The van der Waals surface area contributed by atoms with E-state index < -0.39 is 0 Å². The molecule has 4 heteroatoms. The van der Waals surface area contributed by atoms with Crippen molar-refractivity contribution >= 4 is 17.1 Å². The summed E-state index contributed by atoms with van der Waals surface area (Å²) >= 11 is 0. The quantitative estimate of drug-likeness (QED) is 0.801. The van der Waals surface area contributed by atoms with Gasteiger partial charge in [-0.15, -0.1) is 0 Å². The SMILES string of the molecule is CCCOc1cc(Nc2cccc(F)c2C)ccc1N. The fourth-order valence-electron chi connectivity index (χ4n) is 1.85. The molecule has 0 radical (unpaired) electrons. The van der Waals surface area contributed by atoms with Crippen molar-refractivity contribution in [3.8, 4) is 5.75 Å². The summed E-state index contributed by atoms with van der Waals surface area (Å²) in [5.41, 5.74) is 8.60. The second-order valence-electron chi connectivity index (χ2n) is 4.64. The molecule has 0 unspecified atom stereocenters. The number of nitrogen functional groups attached to an aromatic ring is 1. The summed E-state index contributed by atoms with van der Waals surface area (Å²) in [6.07, 6.45) is 0.917. The van der Waals surface area contributed by atoms with E-state index in [9.17, 15) is 4.39 Å². The monoisotopic (exact) mass is 274 g/mol. The van der Waals surface area contributed by atoms with Crippen molar-refractivity contribution < 1.29 is 9.13 Å².